The molecule has 0 saturated carbocycles. The van der Waals surface area contributed by atoms with Gasteiger partial charge in [0.15, 0.2) is 0 Å². The van der Waals surface area contributed by atoms with Crippen molar-refractivity contribution >= 4 is 6.72 Å². The molecule has 0 aliphatic heterocycles. The van der Waals surface area contributed by atoms with Crippen molar-refractivity contribution < 1.29 is 0 Å². The summed E-state index contributed by atoms with van der Waals surface area (Å²) in [5, 5.41) is 0. The Morgan fingerprint density at radius 3 is 2.50 bits per heavy atom. The summed E-state index contributed by atoms with van der Waals surface area (Å²) >= 11 is 0. The molecule has 8 heavy (non-hydrogen) atoms. The minimum Gasteiger partial charge on any atom is -0.324 e. The lowest BCUT2D eigenvalue weighted by Crippen LogP contribution is -2.15. The van der Waals surface area contributed by atoms with E-state index < -0.39 is 0 Å². The van der Waals surface area contributed by atoms with Gasteiger partial charge in [0.05, 0.1) is 0 Å². The van der Waals surface area contributed by atoms with Crippen LogP contribution in [0.4, 0.5) is 0 Å². The van der Waals surface area contributed by atoms with Gasteiger partial charge in [-0.3, -0.25) is 4.99 Å². The van der Waals surface area contributed by atoms with E-state index in [0.717, 1.165) is 5.57 Å². The summed E-state index contributed by atoms with van der Waals surface area (Å²) in [6, 6.07) is 0.0977. The van der Waals surface area contributed by atoms with E-state index >= 15 is 0 Å². The van der Waals surface area contributed by atoms with Gasteiger partial charge in [0.2, 0.25) is 0 Å². The van der Waals surface area contributed by atoms with Gasteiger partial charge in [-0.05, 0) is 26.1 Å². The monoisotopic (exact) mass is 112 g/mol. The minimum atomic E-state index is 0.0977. The third kappa shape index (κ3) is 2.53. The van der Waals surface area contributed by atoms with Crippen LogP contribution in [0.3, 0.4) is 0 Å². The Bertz CT molecular complexity index is 103. The number of nitrogens with zero attached hydrogens (tertiary/aromatic N) is 1. The summed E-state index contributed by atoms with van der Waals surface area (Å²) in [5.41, 5.74) is 6.52. The van der Waals surface area contributed by atoms with Crippen LogP contribution in [0.5, 0.6) is 0 Å². The maximum Gasteiger partial charge on any atom is 0.0265 e. The molecule has 0 heterocycles. The SMILES string of the molecule is C=N/C=C(\C)[C@@H](C)N. The fourth-order valence-electron chi connectivity index (χ4n) is 0.262. The van der Waals surface area contributed by atoms with Crippen LogP contribution >= 0.6 is 0 Å². The van der Waals surface area contributed by atoms with Gasteiger partial charge >= 0.3 is 0 Å². The number of nitrogens with two attached hydrogens (primary N) is 1. The standard InChI is InChI=1S/C6H12N2/c1-5(4-8-3)6(2)7/h4,6H,3,7H2,1-2H3/b5-4+/t6-/m1/s1. The molecule has 0 aromatic rings. The second-order valence-corrected chi connectivity index (χ2v) is 1.84. The zero-order chi connectivity index (χ0) is 6.57. The van der Waals surface area contributed by atoms with Crippen LogP contribution in [-0.2, 0) is 0 Å². The maximum absolute atomic E-state index is 5.47. The molecule has 0 saturated heterocycles. The van der Waals surface area contributed by atoms with Gasteiger partial charge in [-0.1, -0.05) is 0 Å². The van der Waals surface area contributed by atoms with Crippen LogP contribution in [0.15, 0.2) is 16.8 Å². The molecule has 2 nitrogen and oxygen atoms in total. The zero-order valence-electron chi connectivity index (χ0n) is 5.39. The average molecular weight is 112 g/mol. The Kier molecular flexibility index (Phi) is 3.12. The molecule has 1 atom stereocenters. The lowest BCUT2D eigenvalue weighted by atomic mass is 10.2. The number of hydrogen-bond donors (Lipinski definition) is 1. The fraction of sp³-hybridized carbons (Fsp3) is 0.500. The Labute approximate surface area is 50.1 Å². The first-order valence-corrected chi connectivity index (χ1v) is 2.56. The van der Waals surface area contributed by atoms with E-state index in [-0.39, 0.29) is 6.04 Å². The van der Waals surface area contributed by atoms with Crippen LogP contribution in [0.1, 0.15) is 13.8 Å². The van der Waals surface area contributed by atoms with Crippen molar-refractivity contribution in [3.8, 4) is 0 Å². The highest BCUT2D eigenvalue weighted by molar-refractivity contribution is 5.26. The Morgan fingerprint density at radius 1 is 1.88 bits per heavy atom. The van der Waals surface area contributed by atoms with Gasteiger partial charge in [0.1, 0.15) is 0 Å². The normalized spacial score (nSPS) is 15.6. The highest BCUT2D eigenvalue weighted by Crippen LogP contribution is 1.95. The summed E-state index contributed by atoms with van der Waals surface area (Å²) in [6.07, 6.45) is 1.67. The Morgan fingerprint density at radius 2 is 2.38 bits per heavy atom. The second kappa shape index (κ2) is 3.38. The average Bonchev–Trinajstić information content (AvgIpc) is 1.67. The largest absolute Gasteiger partial charge is 0.324 e. The maximum atomic E-state index is 5.47. The van der Waals surface area contributed by atoms with Crippen LogP contribution in [-0.4, -0.2) is 12.8 Å². The molecule has 0 aromatic carbocycles. The van der Waals surface area contributed by atoms with Gasteiger partial charge in [-0.15, -0.1) is 0 Å². The van der Waals surface area contributed by atoms with Crippen molar-refractivity contribution in [1.29, 1.82) is 0 Å². The van der Waals surface area contributed by atoms with E-state index in [2.05, 4.69) is 11.7 Å². The molecule has 0 spiro atoms. The van der Waals surface area contributed by atoms with Gasteiger partial charge in [-0.25, -0.2) is 0 Å². The van der Waals surface area contributed by atoms with E-state index in [1.165, 1.54) is 0 Å². The van der Waals surface area contributed by atoms with Crippen LogP contribution in [0, 0.1) is 0 Å². The molecule has 0 radical (unpaired) electrons. The molecule has 0 bridgehead atoms. The zero-order valence-corrected chi connectivity index (χ0v) is 5.39. The predicted octanol–water partition coefficient (Wildman–Crippen LogP) is 0.938. The quantitative estimate of drug-likeness (QED) is 0.530. The van der Waals surface area contributed by atoms with E-state index in [0.29, 0.717) is 0 Å². The third-order valence-corrected chi connectivity index (χ3v) is 1.01. The van der Waals surface area contributed by atoms with Gasteiger partial charge in [0, 0.05) is 12.2 Å². The Hall–Kier alpha value is -0.630. The van der Waals surface area contributed by atoms with E-state index in [1.807, 2.05) is 13.8 Å². The van der Waals surface area contributed by atoms with Gasteiger partial charge in [-0.2, -0.15) is 0 Å². The van der Waals surface area contributed by atoms with E-state index in [9.17, 15) is 0 Å². The molecule has 2 N–H and O–H groups in total. The summed E-state index contributed by atoms with van der Waals surface area (Å²) in [4.78, 5) is 3.56. The molecule has 0 rings (SSSR count). The lowest BCUT2D eigenvalue weighted by Gasteiger charge is -2.00. The first-order chi connectivity index (χ1) is 3.68. The number of hydrogen-bond acceptors (Lipinski definition) is 2. The molecular formula is C6H12N2. The molecule has 0 fully saturated rings. The van der Waals surface area contributed by atoms with Crippen molar-refractivity contribution in [3.05, 3.63) is 11.8 Å². The molecule has 0 aliphatic carbocycles. The minimum absolute atomic E-state index is 0.0977. The topological polar surface area (TPSA) is 38.4 Å². The highest BCUT2D eigenvalue weighted by atomic mass is 14.7. The first-order valence-electron chi connectivity index (χ1n) is 2.56. The van der Waals surface area contributed by atoms with Gasteiger partial charge < -0.3 is 5.73 Å². The molecule has 0 aliphatic rings. The van der Waals surface area contributed by atoms with E-state index in [1.54, 1.807) is 6.20 Å². The molecule has 0 unspecified atom stereocenters. The number of aliphatic imine (C=N–C) groups is 1. The lowest BCUT2D eigenvalue weighted by molar-refractivity contribution is 0.857. The van der Waals surface area contributed by atoms with Crippen molar-refractivity contribution in [2.45, 2.75) is 19.9 Å². The van der Waals surface area contributed by atoms with Crippen molar-refractivity contribution in [1.82, 2.24) is 0 Å². The summed E-state index contributed by atoms with van der Waals surface area (Å²) < 4.78 is 0. The Balaban J connectivity index is 3.78. The molecule has 0 amide bonds. The first kappa shape index (κ1) is 7.37. The summed E-state index contributed by atoms with van der Waals surface area (Å²) in [5.74, 6) is 0. The summed E-state index contributed by atoms with van der Waals surface area (Å²) in [7, 11) is 0. The second-order valence-electron chi connectivity index (χ2n) is 1.84. The van der Waals surface area contributed by atoms with Crippen molar-refractivity contribution in [2.24, 2.45) is 10.7 Å². The van der Waals surface area contributed by atoms with E-state index in [4.69, 9.17) is 5.73 Å². The molecular weight excluding hydrogens is 100 g/mol. The van der Waals surface area contributed by atoms with Gasteiger partial charge in [0.25, 0.3) is 0 Å². The van der Waals surface area contributed by atoms with Crippen LogP contribution in [0.2, 0.25) is 0 Å². The molecule has 46 valence electrons. The fourth-order valence-corrected chi connectivity index (χ4v) is 0.262. The van der Waals surface area contributed by atoms with Crippen molar-refractivity contribution in [3.63, 3.8) is 0 Å². The predicted molar refractivity (Wildman–Crippen MR) is 37.0 cm³/mol. The highest BCUT2D eigenvalue weighted by Gasteiger charge is 1.92. The number of rotatable bonds is 2. The van der Waals surface area contributed by atoms with Crippen molar-refractivity contribution in [2.75, 3.05) is 0 Å². The van der Waals surface area contributed by atoms with Crippen LogP contribution in [0.25, 0.3) is 0 Å². The van der Waals surface area contributed by atoms with Crippen LogP contribution < -0.4 is 5.73 Å². The third-order valence-electron chi connectivity index (χ3n) is 1.01. The molecule has 0 aromatic heterocycles. The smallest absolute Gasteiger partial charge is 0.0265 e. The summed E-state index contributed by atoms with van der Waals surface area (Å²) in [6.45, 7) is 7.14. The molecule has 2 heteroatoms.